The predicted molar refractivity (Wildman–Crippen MR) is 54.7 cm³/mol. The molecule has 2 rings (SSSR count). The number of alkyl halides is 3. The molecule has 0 aliphatic rings. The van der Waals surface area contributed by atoms with Gasteiger partial charge < -0.3 is 5.21 Å². The van der Waals surface area contributed by atoms with Crippen LogP contribution in [-0.2, 0) is 6.18 Å². The topological polar surface area (TPSA) is 97.6 Å². The molecule has 7 nitrogen and oxygen atoms in total. The molecule has 0 fully saturated rings. The summed E-state index contributed by atoms with van der Waals surface area (Å²) >= 11 is 0. The van der Waals surface area contributed by atoms with Gasteiger partial charge in [-0.3, -0.25) is 15.2 Å². The van der Waals surface area contributed by atoms with E-state index in [2.05, 4.69) is 15.4 Å². The Bertz CT molecular complexity index is 593. The Morgan fingerprint density at radius 1 is 1.37 bits per heavy atom. The zero-order chi connectivity index (χ0) is 14.0. The molecule has 2 N–H and O–H groups in total. The van der Waals surface area contributed by atoms with Crippen LogP contribution in [0.1, 0.15) is 16.2 Å². The van der Waals surface area contributed by atoms with Crippen LogP contribution in [0.5, 0.6) is 0 Å². The lowest BCUT2D eigenvalue weighted by molar-refractivity contribution is -0.605. The summed E-state index contributed by atoms with van der Waals surface area (Å²) in [5.41, 5.74) is 0.0884. The molecule has 2 aromatic heterocycles. The van der Waals surface area contributed by atoms with Crippen molar-refractivity contribution in [3.63, 3.8) is 0 Å². The summed E-state index contributed by atoms with van der Waals surface area (Å²) in [7, 11) is 0. The Hall–Kier alpha value is -2.65. The number of H-pyrrole nitrogens is 1. The summed E-state index contributed by atoms with van der Waals surface area (Å²) in [5, 5.41) is 17.7. The largest absolute Gasteiger partial charge is 0.619 e. The third-order valence-electron chi connectivity index (χ3n) is 2.04. The second-order valence-electron chi connectivity index (χ2n) is 3.41. The fraction of sp³-hybridized carbons (Fsp3) is 0.111. The van der Waals surface area contributed by atoms with Crippen LogP contribution in [0.25, 0.3) is 0 Å². The lowest BCUT2D eigenvalue weighted by Gasteiger charge is -2.01. The standard InChI is InChI=1S/C9H6F3N5O2/c10-9(11,12)7-14-8(16-15-7)13-6(18)5-1-3-17(19)4-2-5/h1-4H,(H2,13,14,15,16,18). The van der Waals surface area contributed by atoms with E-state index in [9.17, 15) is 23.2 Å². The molecular weight excluding hydrogens is 267 g/mol. The summed E-state index contributed by atoms with van der Waals surface area (Å²) in [6.07, 6.45) is -2.51. The van der Waals surface area contributed by atoms with Crippen molar-refractivity contribution >= 4 is 11.9 Å². The van der Waals surface area contributed by atoms with E-state index in [0.29, 0.717) is 4.73 Å². The number of amides is 1. The monoisotopic (exact) mass is 273 g/mol. The molecule has 0 unspecified atom stereocenters. The fourth-order valence-electron chi connectivity index (χ4n) is 1.18. The van der Waals surface area contributed by atoms with E-state index in [1.54, 1.807) is 5.10 Å². The second kappa shape index (κ2) is 4.55. The Morgan fingerprint density at radius 2 is 2.00 bits per heavy atom. The SMILES string of the molecule is O=C(Nc1n[nH]c(C(F)(F)F)n1)c1cc[n+]([O-])cc1. The van der Waals surface area contributed by atoms with Gasteiger partial charge in [-0.15, -0.1) is 5.10 Å². The zero-order valence-corrected chi connectivity index (χ0v) is 9.10. The van der Waals surface area contributed by atoms with Crippen molar-refractivity contribution in [1.82, 2.24) is 15.2 Å². The number of nitrogens with zero attached hydrogens (tertiary/aromatic N) is 3. The first-order valence-corrected chi connectivity index (χ1v) is 4.86. The summed E-state index contributed by atoms with van der Waals surface area (Å²) in [4.78, 5) is 14.7. The molecule has 0 saturated carbocycles. The van der Waals surface area contributed by atoms with Gasteiger partial charge in [0.15, 0.2) is 12.4 Å². The van der Waals surface area contributed by atoms with Crippen molar-refractivity contribution in [3.05, 3.63) is 41.1 Å². The quantitative estimate of drug-likeness (QED) is 0.622. The number of carbonyl (C=O) groups excluding carboxylic acids is 1. The van der Waals surface area contributed by atoms with Gasteiger partial charge in [-0.25, -0.2) is 0 Å². The van der Waals surface area contributed by atoms with Crippen LogP contribution in [0.15, 0.2) is 24.5 Å². The molecule has 2 heterocycles. The van der Waals surface area contributed by atoms with Crippen molar-refractivity contribution in [3.8, 4) is 0 Å². The summed E-state index contributed by atoms with van der Waals surface area (Å²) < 4.78 is 37.1. The number of carbonyl (C=O) groups is 1. The van der Waals surface area contributed by atoms with Crippen LogP contribution in [-0.4, -0.2) is 21.1 Å². The Kier molecular flexibility index (Phi) is 3.07. The van der Waals surface area contributed by atoms with Crippen molar-refractivity contribution in [1.29, 1.82) is 0 Å². The van der Waals surface area contributed by atoms with Crippen molar-refractivity contribution in [2.24, 2.45) is 0 Å². The summed E-state index contributed by atoms with van der Waals surface area (Å²) in [6.45, 7) is 0. The van der Waals surface area contributed by atoms with E-state index in [1.807, 2.05) is 0 Å². The first kappa shape index (κ1) is 12.8. The molecule has 0 aliphatic heterocycles. The van der Waals surface area contributed by atoms with E-state index in [4.69, 9.17) is 0 Å². The van der Waals surface area contributed by atoms with Gasteiger partial charge in [0.05, 0.1) is 5.56 Å². The number of nitrogens with one attached hydrogen (secondary N) is 2. The Labute approximate surface area is 103 Å². The van der Waals surface area contributed by atoms with Crippen LogP contribution in [0.3, 0.4) is 0 Å². The first-order valence-electron chi connectivity index (χ1n) is 4.86. The van der Waals surface area contributed by atoms with E-state index in [0.717, 1.165) is 12.4 Å². The van der Waals surface area contributed by atoms with Crippen molar-refractivity contribution in [2.45, 2.75) is 6.18 Å². The molecule has 0 spiro atoms. The molecule has 100 valence electrons. The van der Waals surface area contributed by atoms with Gasteiger partial charge in [0, 0.05) is 12.1 Å². The van der Waals surface area contributed by atoms with Crippen LogP contribution in [0, 0.1) is 5.21 Å². The van der Waals surface area contributed by atoms with Crippen LogP contribution < -0.4 is 10.0 Å². The highest BCUT2D eigenvalue weighted by Gasteiger charge is 2.35. The highest BCUT2D eigenvalue weighted by molar-refractivity contribution is 6.03. The third kappa shape index (κ3) is 2.97. The Balaban J connectivity index is 2.11. The van der Waals surface area contributed by atoms with Crippen LogP contribution in [0.2, 0.25) is 0 Å². The van der Waals surface area contributed by atoms with E-state index >= 15 is 0 Å². The number of aromatic amines is 1. The minimum absolute atomic E-state index is 0.0884. The first-order chi connectivity index (χ1) is 8.86. The van der Waals surface area contributed by atoms with Crippen LogP contribution >= 0.6 is 0 Å². The molecule has 19 heavy (non-hydrogen) atoms. The maximum absolute atomic E-state index is 12.2. The molecule has 0 radical (unpaired) electrons. The molecule has 0 saturated heterocycles. The highest BCUT2D eigenvalue weighted by atomic mass is 19.4. The number of hydrogen-bond acceptors (Lipinski definition) is 4. The van der Waals surface area contributed by atoms with Gasteiger partial charge in [0.25, 0.3) is 5.91 Å². The molecule has 0 bridgehead atoms. The molecule has 1 amide bonds. The maximum atomic E-state index is 12.2. The van der Waals surface area contributed by atoms with Gasteiger partial charge in [0.1, 0.15) is 0 Å². The molecular formula is C9H6F3N5O2. The molecule has 2 aromatic rings. The second-order valence-corrected chi connectivity index (χ2v) is 3.41. The van der Waals surface area contributed by atoms with Crippen molar-refractivity contribution in [2.75, 3.05) is 5.32 Å². The smallest absolute Gasteiger partial charge is 0.451 e. The Morgan fingerprint density at radius 3 is 2.53 bits per heavy atom. The number of rotatable bonds is 2. The van der Waals surface area contributed by atoms with E-state index in [1.165, 1.54) is 12.1 Å². The molecule has 0 aromatic carbocycles. The predicted octanol–water partition coefficient (Wildman–Crippen LogP) is 0.709. The number of aromatic nitrogens is 4. The lowest BCUT2D eigenvalue weighted by atomic mass is 10.2. The van der Waals surface area contributed by atoms with Gasteiger partial charge in [-0.05, 0) is 0 Å². The number of hydrogen-bond donors (Lipinski definition) is 2. The number of pyridine rings is 1. The van der Waals surface area contributed by atoms with Crippen LogP contribution in [0.4, 0.5) is 19.1 Å². The zero-order valence-electron chi connectivity index (χ0n) is 9.10. The third-order valence-corrected chi connectivity index (χ3v) is 2.04. The van der Waals surface area contributed by atoms with Gasteiger partial charge in [-0.2, -0.15) is 22.9 Å². The van der Waals surface area contributed by atoms with Gasteiger partial charge in [0.2, 0.25) is 11.8 Å². The minimum Gasteiger partial charge on any atom is -0.619 e. The van der Waals surface area contributed by atoms with Gasteiger partial charge in [-0.1, -0.05) is 0 Å². The average Bonchev–Trinajstić information content (AvgIpc) is 2.78. The normalized spacial score (nSPS) is 11.3. The molecule has 0 aliphatic carbocycles. The number of halogens is 3. The fourth-order valence-corrected chi connectivity index (χ4v) is 1.18. The molecule has 10 heteroatoms. The lowest BCUT2D eigenvalue weighted by Crippen LogP contribution is -2.25. The highest BCUT2D eigenvalue weighted by Crippen LogP contribution is 2.26. The van der Waals surface area contributed by atoms with E-state index < -0.39 is 23.9 Å². The summed E-state index contributed by atoms with van der Waals surface area (Å²) in [5.74, 6) is -2.54. The minimum atomic E-state index is -4.67. The van der Waals surface area contributed by atoms with Crippen molar-refractivity contribution < 1.29 is 22.7 Å². The van der Waals surface area contributed by atoms with Gasteiger partial charge >= 0.3 is 6.18 Å². The number of anilines is 1. The van der Waals surface area contributed by atoms with E-state index in [-0.39, 0.29) is 5.56 Å². The average molecular weight is 273 g/mol. The summed E-state index contributed by atoms with van der Waals surface area (Å²) in [6, 6.07) is 2.42. The maximum Gasteiger partial charge on any atom is 0.451 e. The molecule has 0 atom stereocenters.